The zero-order valence-electron chi connectivity index (χ0n) is 16.8. The van der Waals surface area contributed by atoms with Gasteiger partial charge in [-0.15, -0.1) is 0 Å². The maximum Gasteiger partial charge on any atom is 0.435 e. The summed E-state index contributed by atoms with van der Waals surface area (Å²) in [5.74, 6) is 0. The van der Waals surface area contributed by atoms with Gasteiger partial charge in [0.25, 0.3) is 20.2 Å². The van der Waals surface area contributed by atoms with Crippen LogP contribution in [0.2, 0.25) is 0 Å². The molecular weight excluding hydrogens is 496 g/mol. The lowest BCUT2D eigenvalue weighted by Crippen LogP contribution is -2.31. The third-order valence-electron chi connectivity index (χ3n) is 4.76. The van der Waals surface area contributed by atoms with Gasteiger partial charge in [0.15, 0.2) is 0 Å². The molecule has 0 unspecified atom stereocenters. The minimum absolute atomic E-state index is 0.194. The first-order valence-electron chi connectivity index (χ1n) is 9.32. The summed E-state index contributed by atoms with van der Waals surface area (Å²) in [6.07, 6.45) is 0. The molecule has 0 amide bonds. The van der Waals surface area contributed by atoms with E-state index in [9.17, 15) is 25.9 Å². The van der Waals surface area contributed by atoms with Gasteiger partial charge in [-0.1, -0.05) is 0 Å². The van der Waals surface area contributed by atoms with Crippen molar-refractivity contribution in [3.63, 3.8) is 0 Å². The largest absolute Gasteiger partial charge is 0.435 e. The third-order valence-corrected chi connectivity index (χ3v) is 8.52. The molecule has 4 rings (SSSR count). The van der Waals surface area contributed by atoms with Crippen molar-refractivity contribution in [2.24, 2.45) is 10.2 Å². The Labute approximate surface area is 191 Å². The Balaban J connectivity index is 1.81. The summed E-state index contributed by atoms with van der Waals surface area (Å²) in [6.45, 7) is 4.98. The molecule has 2 aromatic carbocycles. The number of thiazole rings is 2. The zero-order chi connectivity index (χ0) is 23.3. The van der Waals surface area contributed by atoms with Gasteiger partial charge in [-0.3, -0.25) is 9.11 Å². The predicted octanol–water partition coefficient (Wildman–Crippen LogP) is 3.64. The zero-order valence-corrected chi connectivity index (χ0v) is 20.1. The summed E-state index contributed by atoms with van der Waals surface area (Å²) < 4.78 is 69.4. The standard InChI is InChI=1S/C18H16N4O6S4/c1-3-21-13-7-5-11(31(23,24)25)9-15(13)29-17(21)19-20-18-22(4-2)14-8-6-12(32(26,27)28)10-16(14)30-18/h5-10H,3-4H2,1-2H3/p+2. The minimum atomic E-state index is -4.32. The van der Waals surface area contributed by atoms with Crippen molar-refractivity contribution in [1.29, 1.82) is 0 Å². The summed E-state index contributed by atoms with van der Waals surface area (Å²) in [5, 5.41) is 9.81. The van der Waals surface area contributed by atoms with Crippen molar-refractivity contribution in [3.05, 3.63) is 36.4 Å². The normalized spacial score (nSPS) is 13.0. The van der Waals surface area contributed by atoms with E-state index in [0.29, 0.717) is 32.8 Å². The Bertz CT molecular complexity index is 1480. The summed E-state index contributed by atoms with van der Waals surface area (Å²) in [7, 11) is -8.63. The van der Waals surface area contributed by atoms with Crippen molar-refractivity contribution in [2.45, 2.75) is 36.7 Å². The maximum atomic E-state index is 11.4. The Kier molecular flexibility index (Phi) is 5.85. The van der Waals surface area contributed by atoms with E-state index in [1.165, 1.54) is 46.9 Å². The Hall–Kier alpha value is -2.36. The molecule has 4 aromatic rings. The van der Waals surface area contributed by atoms with Gasteiger partial charge in [0.05, 0.1) is 32.3 Å². The molecule has 0 atom stereocenters. The monoisotopic (exact) mass is 514 g/mol. The molecule has 2 heterocycles. The van der Waals surface area contributed by atoms with Gasteiger partial charge in [0.2, 0.25) is 10.2 Å². The van der Waals surface area contributed by atoms with Crippen LogP contribution < -0.4 is 9.13 Å². The van der Waals surface area contributed by atoms with Crippen molar-refractivity contribution < 1.29 is 35.1 Å². The van der Waals surface area contributed by atoms with Gasteiger partial charge in [0.1, 0.15) is 11.0 Å². The number of hydrogen-bond acceptors (Lipinski definition) is 8. The van der Waals surface area contributed by atoms with E-state index in [4.69, 9.17) is 0 Å². The second kappa shape index (κ2) is 8.20. The van der Waals surface area contributed by atoms with Crippen molar-refractivity contribution >= 4 is 73.6 Å². The van der Waals surface area contributed by atoms with E-state index >= 15 is 0 Å². The number of hydrogen-bond donors (Lipinski definition) is 2. The first kappa shape index (κ1) is 22.8. The topological polar surface area (TPSA) is 141 Å². The molecular formula is C18H18N4O6S4+2. The molecule has 168 valence electrons. The average Bonchev–Trinajstić information content (AvgIpc) is 3.26. The molecule has 14 heteroatoms. The highest BCUT2D eigenvalue weighted by Crippen LogP contribution is 2.32. The smallest absolute Gasteiger partial charge is 0.282 e. The number of aryl methyl sites for hydroxylation is 2. The lowest BCUT2D eigenvalue weighted by molar-refractivity contribution is -0.653. The van der Waals surface area contributed by atoms with Crippen LogP contribution in [0.25, 0.3) is 20.4 Å². The number of benzene rings is 2. The quantitative estimate of drug-likeness (QED) is 0.229. The van der Waals surface area contributed by atoms with Crippen LogP contribution in [-0.2, 0) is 33.3 Å². The fourth-order valence-corrected chi connectivity index (χ4v) is 6.61. The van der Waals surface area contributed by atoms with E-state index in [2.05, 4.69) is 10.2 Å². The lowest BCUT2D eigenvalue weighted by Gasteiger charge is -1.96. The highest BCUT2D eigenvalue weighted by Gasteiger charge is 2.26. The fraction of sp³-hybridized carbons (Fsp3) is 0.222. The van der Waals surface area contributed by atoms with Gasteiger partial charge in [-0.2, -0.15) is 16.8 Å². The van der Waals surface area contributed by atoms with E-state index < -0.39 is 20.2 Å². The van der Waals surface area contributed by atoms with Crippen LogP contribution in [0.15, 0.2) is 56.4 Å². The summed E-state index contributed by atoms with van der Waals surface area (Å²) in [6, 6.07) is 8.68. The average molecular weight is 515 g/mol. The second-order valence-corrected chi connectivity index (χ2v) is 11.5. The van der Waals surface area contributed by atoms with Crippen LogP contribution in [0, 0.1) is 0 Å². The van der Waals surface area contributed by atoms with E-state index in [1.54, 1.807) is 12.1 Å². The summed E-state index contributed by atoms with van der Waals surface area (Å²) in [4.78, 5) is -0.387. The molecule has 10 nitrogen and oxygen atoms in total. The van der Waals surface area contributed by atoms with Crippen LogP contribution in [-0.4, -0.2) is 25.9 Å². The highest BCUT2D eigenvalue weighted by atomic mass is 32.2. The van der Waals surface area contributed by atoms with E-state index in [0.717, 1.165) is 11.0 Å². The Morgan fingerprint density at radius 1 is 0.750 bits per heavy atom. The molecule has 32 heavy (non-hydrogen) atoms. The van der Waals surface area contributed by atoms with E-state index in [-0.39, 0.29) is 9.79 Å². The van der Waals surface area contributed by atoms with Crippen LogP contribution in [0.3, 0.4) is 0 Å². The summed E-state index contributed by atoms with van der Waals surface area (Å²) in [5.41, 5.74) is 1.52. The second-order valence-electron chi connectivity index (χ2n) is 6.67. The van der Waals surface area contributed by atoms with Gasteiger partial charge >= 0.3 is 10.3 Å². The first-order valence-corrected chi connectivity index (χ1v) is 13.8. The van der Waals surface area contributed by atoms with Gasteiger partial charge in [-0.05, 0) is 72.9 Å². The van der Waals surface area contributed by atoms with Crippen molar-refractivity contribution in [3.8, 4) is 0 Å². The van der Waals surface area contributed by atoms with Crippen LogP contribution >= 0.6 is 22.7 Å². The van der Waals surface area contributed by atoms with Crippen molar-refractivity contribution in [2.75, 3.05) is 0 Å². The molecule has 0 bridgehead atoms. The van der Waals surface area contributed by atoms with Crippen LogP contribution in [0.1, 0.15) is 13.8 Å². The maximum absolute atomic E-state index is 11.4. The molecule has 0 aliphatic rings. The number of rotatable bonds is 6. The minimum Gasteiger partial charge on any atom is -0.282 e. The molecule has 0 spiro atoms. The van der Waals surface area contributed by atoms with Crippen LogP contribution in [0.5, 0.6) is 0 Å². The Morgan fingerprint density at radius 3 is 1.44 bits per heavy atom. The van der Waals surface area contributed by atoms with Gasteiger partial charge in [-0.25, -0.2) is 9.13 Å². The number of aromatic nitrogens is 2. The predicted molar refractivity (Wildman–Crippen MR) is 119 cm³/mol. The molecule has 0 aliphatic carbocycles. The van der Waals surface area contributed by atoms with Crippen LogP contribution in [0.4, 0.5) is 10.3 Å². The van der Waals surface area contributed by atoms with Crippen molar-refractivity contribution in [1.82, 2.24) is 0 Å². The lowest BCUT2D eigenvalue weighted by atomic mass is 10.3. The number of nitrogens with zero attached hydrogens (tertiary/aromatic N) is 4. The first-order chi connectivity index (χ1) is 15.0. The molecule has 2 aromatic heterocycles. The molecule has 0 saturated carbocycles. The Morgan fingerprint density at radius 2 is 1.12 bits per heavy atom. The fourth-order valence-electron chi connectivity index (χ4n) is 3.28. The van der Waals surface area contributed by atoms with E-state index in [1.807, 2.05) is 23.0 Å². The molecule has 0 fully saturated rings. The van der Waals surface area contributed by atoms with Gasteiger partial charge in [0, 0.05) is 0 Å². The molecule has 0 aliphatic heterocycles. The molecule has 0 radical (unpaired) electrons. The summed E-state index contributed by atoms with van der Waals surface area (Å²) >= 11 is 2.47. The number of fused-ring (bicyclic) bond motifs is 2. The third kappa shape index (κ3) is 4.16. The van der Waals surface area contributed by atoms with Gasteiger partial charge < -0.3 is 0 Å². The molecule has 0 saturated heterocycles. The highest BCUT2D eigenvalue weighted by molar-refractivity contribution is 7.86. The number of azo groups is 1. The molecule has 2 N–H and O–H groups in total. The SMILES string of the molecule is CC[n+]1c(/N=N/c2sc3cc(S(=O)(=O)O)ccc3[n+]2CC)sc2cc(S(=O)(=O)O)ccc21.